The molecule has 1 aromatic rings. The molecule has 0 atom stereocenters. The number of carbonyl (C=O) groups is 2. The monoisotopic (exact) mass is 333 g/mol. The van der Waals surface area contributed by atoms with Crippen molar-refractivity contribution in [2.24, 2.45) is 4.99 Å². The zero-order valence-corrected chi connectivity index (χ0v) is 15.0. The van der Waals surface area contributed by atoms with E-state index >= 15 is 0 Å². The summed E-state index contributed by atoms with van der Waals surface area (Å²) in [6.07, 6.45) is 9.41. The van der Waals surface area contributed by atoms with Crippen molar-refractivity contribution < 1.29 is 9.59 Å². The van der Waals surface area contributed by atoms with Crippen LogP contribution in [-0.4, -0.2) is 17.3 Å². The summed E-state index contributed by atoms with van der Waals surface area (Å²) >= 11 is 0. The van der Waals surface area contributed by atoms with Gasteiger partial charge in [-0.2, -0.15) is 0 Å². The van der Waals surface area contributed by atoms with Crippen molar-refractivity contribution in [3.63, 3.8) is 0 Å². The first-order valence-corrected chi connectivity index (χ1v) is 8.51. The Balaban J connectivity index is 2.54. The van der Waals surface area contributed by atoms with Crippen molar-refractivity contribution in [2.45, 2.75) is 33.6 Å². The number of Topliss-reactive ketones (excluding diaryl/α,β-unsaturated/α-hetero) is 2. The van der Waals surface area contributed by atoms with Crippen LogP contribution in [0.25, 0.3) is 0 Å². The number of benzene rings is 1. The molecule has 0 unspecified atom stereocenters. The van der Waals surface area contributed by atoms with E-state index in [0.29, 0.717) is 28.0 Å². The van der Waals surface area contributed by atoms with Crippen molar-refractivity contribution in [3.8, 4) is 0 Å². The molecule has 0 saturated carbocycles. The second-order valence-corrected chi connectivity index (χ2v) is 5.82. The van der Waals surface area contributed by atoms with Crippen molar-refractivity contribution in [1.82, 2.24) is 0 Å². The molecule has 1 aromatic carbocycles. The predicted octanol–water partition coefficient (Wildman–Crippen LogP) is 5.27. The summed E-state index contributed by atoms with van der Waals surface area (Å²) in [5, 5.41) is 0. The number of allylic oxidation sites excluding steroid dienone is 7. The Morgan fingerprint density at radius 3 is 2.16 bits per heavy atom. The lowest BCUT2D eigenvalue weighted by atomic mass is 9.88. The van der Waals surface area contributed by atoms with Crippen LogP contribution in [0.4, 0.5) is 0 Å². The first-order chi connectivity index (χ1) is 12.0. The molecule has 1 aliphatic carbocycles. The number of carbonyl (C=O) groups excluding carboxylic acids is 2. The summed E-state index contributed by atoms with van der Waals surface area (Å²) in [5.74, 6) is -0.371. The average Bonchev–Trinajstić information content (AvgIpc) is 2.63. The number of rotatable bonds is 6. The molecule has 0 N–H and O–H groups in total. The maximum Gasteiger partial charge on any atom is 0.212 e. The van der Waals surface area contributed by atoms with Crippen LogP contribution in [0.1, 0.15) is 54.3 Å². The largest absolute Gasteiger partial charge is 0.289 e. The number of nitrogens with zero attached hydrogens (tertiary/aromatic N) is 1. The molecule has 0 bridgehead atoms. The predicted molar refractivity (Wildman–Crippen MR) is 103 cm³/mol. The van der Waals surface area contributed by atoms with E-state index in [1.54, 1.807) is 31.2 Å². The van der Waals surface area contributed by atoms with E-state index in [9.17, 15) is 9.59 Å². The molecular formula is C22H23NO2. The molecule has 0 fully saturated rings. The molecule has 128 valence electrons. The standard InChI is InChI=1S/C22H23NO2/c1-5-7-11-15(3)19(14-8-6-2)23-20-16(4)21(24)17-12-9-10-13-18(17)22(20)25/h7-14H,3,5-6H2,1-2,4H3/b11-7+,14-8+,23-19?. The molecule has 0 amide bonds. The van der Waals surface area contributed by atoms with Gasteiger partial charge in [0.15, 0.2) is 5.78 Å². The van der Waals surface area contributed by atoms with Gasteiger partial charge in [-0.05, 0) is 31.4 Å². The van der Waals surface area contributed by atoms with Gasteiger partial charge < -0.3 is 0 Å². The number of hydrogen-bond donors (Lipinski definition) is 0. The van der Waals surface area contributed by atoms with E-state index in [-0.39, 0.29) is 17.3 Å². The number of aliphatic imine (C=N–C) groups is 1. The van der Waals surface area contributed by atoms with E-state index in [0.717, 1.165) is 12.8 Å². The van der Waals surface area contributed by atoms with Crippen LogP contribution >= 0.6 is 0 Å². The Hall–Kier alpha value is -2.81. The van der Waals surface area contributed by atoms with Crippen LogP contribution < -0.4 is 0 Å². The van der Waals surface area contributed by atoms with Gasteiger partial charge in [-0.3, -0.25) is 9.59 Å². The van der Waals surface area contributed by atoms with Crippen LogP contribution in [0.3, 0.4) is 0 Å². The topological polar surface area (TPSA) is 46.5 Å². The van der Waals surface area contributed by atoms with Crippen LogP contribution in [0, 0.1) is 0 Å². The van der Waals surface area contributed by atoms with Gasteiger partial charge in [0.2, 0.25) is 5.78 Å². The second-order valence-electron chi connectivity index (χ2n) is 5.82. The molecule has 0 radical (unpaired) electrons. The summed E-state index contributed by atoms with van der Waals surface area (Å²) in [6, 6.07) is 6.87. The third-order valence-corrected chi connectivity index (χ3v) is 3.95. The van der Waals surface area contributed by atoms with Crippen molar-refractivity contribution in [1.29, 1.82) is 0 Å². The summed E-state index contributed by atoms with van der Waals surface area (Å²) in [7, 11) is 0. The van der Waals surface area contributed by atoms with E-state index in [1.807, 2.05) is 38.2 Å². The molecule has 0 saturated heterocycles. The van der Waals surface area contributed by atoms with Crippen molar-refractivity contribution >= 4 is 17.3 Å². The summed E-state index contributed by atoms with van der Waals surface area (Å²) in [6.45, 7) is 9.75. The van der Waals surface area contributed by atoms with Gasteiger partial charge in [0, 0.05) is 16.7 Å². The molecule has 2 rings (SSSR count). The van der Waals surface area contributed by atoms with Crippen LogP contribution in [-0.2, 0) is 0 Å². The highest BCUT2D eigenvalue weighted by molar-refractivity contribution is 6.27. The Bertz CT molecular complexity index is 835. The zero-order valence-electron chi connectivity index (χ0n) is 15.0. The molecular weight excluding hydrogens is 310 g/mol. The minimum Gasteiger partial charge on any atom is -0.289 e. The first kappa shape index (κ1) is 18.5. The minimum absolute atomic E-state index is 0.150. The second kappa shape index (κ2) is 8.34. The summed E-state index contributed by atoms with van der Waals surface area (Å²) in [4.78, 5) is 29.9. The third-order valence-electron chi connectivity index (χ3n) is 3.95. The fourth-order valence-corrected chi connectivity index (χ4v) is 2.53. The van der Waals surface area contributed by atoms with E-state index in [2.05, 4.69) is 11.6 Å². The lowest BCUT2D eigenvalue weighted by molar-refractivity contribution is 0.0974. The SMILES string of the molecule is C=C(/C=C/CC)C(/C=C/CC)=NC1=C(C)C(=O)c2ccccc2C1=O. The molecule has 3 nitrogen and oxygen atoms in total. The van der Waals surface area contributed by atoms with Gasteiger partial charge in [-0.25, -0.2) is 4.99 Å². The van der Waals surface area contributed by atoms with E-state index < -0.39 is 0 Å². The normalized spacial score (nSPS) is 15.4. The smallest absolute Gasteiger partial charge is 0.212 e. The van der Waals surface area contributed by atoms with Crippen molar-refractivity contribution in [2.75, 3.05) is 0 Å². The van der Waals surface area contributed by atoms with Crippen molar-refractivity contribution in [3.05, 3.63) is 83.1 Å². The molecule has 0 aromatic heterocycles. The summed E-state index contributed by atoms with van der Waals surface area (Å²) in [5.41, 5.74) is 2.74. The number of fused-ring (bicyclic) bond motifs is 1. The van der Waals surface area contributed by atoms with Gasteiger partial charge in [0.25, 0.3) is 0 Å². The molecule has 0 spiro atoms. The van der Waals surface area contributed by atoms with Gasteiger partial charge in [-0.1, -0.05) is 62.9 Å². The fourth-order valence-electron chi connectivity index (χ4n) is 2.53. The summed E-state index contributed by atoms with van der Waals surface area (Å²) < 4.78 is 0. The maximum atomic E-state index is 12.8. The molecule has 0 aliphatic heterocycles. The van der Waals surface area contributed by atoms with Gasteiger partial charge in [-0.15, -0.1) is 0 Å². The molecule has 25 heavy (non-hydrogen) atoms. The Morgan fingerprint density at radius 1 is 1.00 bits per heavy atom. The quantitative estimate of drug-likeness (QED) is 0.526. The van der Waals surface area contributed by atoms with Gasteiger partial charge in [0.1, 0.15) is 5.70 Å². The van der Waals surface area contributed by atoms with E-state index in [4.69, 9.17) is 0 Å². The average molecular weight is 333 g/mol. The van der Waals surface area contributed by atoms with E-state index in [1.165, 1.54) is 0 Å². The minimum atomic E-state index is -0.220. The molecule has 3 heteroatoms. The van der Waals surface area contributed by atoms with Crippen LogP contribution in [0.2, 0.25) is 0 Å². The first-order valence-electron chi connectivity index (χ1n) is 8.51. The molecule has 0 heterocycles. The Morgan fingerprint density at radius 2 is 1.56 bits per heavy atom. The van der Waals surface area contributed by atoms with Crippen LogP contribution in [0.5, 0.6) is 0 Å². The van der Waals surface area contributed by atoms with Crippen LogP contribution in [0.15, 0.2) is 77.0 Å². The third kappa shape index (κ3) is 4.00. The molecule has 1 aliphatic rings. The lowest BCUT2D eigenvalue weighted by Crippen LogP contribution is -2.20. The maximum absolute atomic E-state index is 12.8. The highest BCUT2D eigenvalue weighted by Gasteiger charge is 2.29. The highest BCUT2D eigenvalue weighted by Crippen LogP contribution is 2.27. The zero-order chi connectivity index (χ0) is 18.4. The lowest BCUT2D eigenvalue weighted by Gasteiger charge is -2.17. The Labute approximate surface area is 149 Å². The van der Waals surface area contributed by atoms with Gasteiger partial charge >= 0.3 is 0 Å². The number of hydrogen-bond acceptors (Lipinski definition) is 3. The highest BCUT2D eigenvalue weighted by atomic mass is 16.1. The van der Waals surface area contributed by atoms with Gasteiger partial charge in [0.05, 0.1) is 5.71 Å². The fraction of sp³-hybridized carbons (Fsp3) is 0.227. The Kier molecular flexibility index (Phi) is 6.18. The number of ketones is 2.